The molecule has 0 bridgehead atoms. The molecule has 1 aromatic rings. The molecule has 4 nitrogen and oxygen atoms in total. The van der Waals surface area contributed by atoms with Crippen LogP contribution in [-0.2, 0) is 4.74 Å². The number of rotatable bonds is 5. The van der Waals surface area contributed by atoms with Crippen molar-refractivity contribution in [3.05, 3.63) is 34.3 Å². The topological polar surface area (TPSA) is 58.6 Å². The van der Waals surface area contributed by atoms with Gasteiger partial charge in [-0.2, -0.15) is 0 Å². The maximum absolute atomic E-state index is 11.8. The molecule has 1 rings (SSSR count). The van der Waals surface area contributed by atoms with Crippen LogP contribution in [0, 0.1) is 6.92 Å². The minimum Gasteiger partial charge on any atom is -0.394 e. The highest BCUT2D eigenvalue weighted by molar-refractivity contribution is 6.31. The number of carbonyl (C=O) groups is 1. The zero-order valence-corrected chi connectivity index (χ0v) is 10.6. The van der Waals surface area contributed by atoms with Gasteiger partial charge in [0.05, 0.1) is 19.3 Å². The quantitative estimate of drug-likeness (QED) is 0.838. The van der Waals surface area contributed by atoms with Gasteiger partial charge in [0.25, 0.3) is 5.91 Å². The molecule has 17 heavy (non-hydrogen) atoms. The number of carbonyl (C=O) groups excluding carboxylic acids is 1. The van der Waals surface area contributed by atoms with Crippen molar-refractivity contribution in [1.82, 2.24) is 5.32 Å². The Morgan fingerprint density at radius 1 is 1.59 bits per heavy atom. The van der Waals surface area contributed by atoms with Gasteiger partial charge in [-0.15, -0.1) is 0 Å². The van der Waals surface area contributed by atoms with Gasteiger partial charge in [0.2, 0.25) is 0 Å². The van der Waals surface area contributed by atoms with Gasteiger partial charge in [0.15, 0.2) is 0 Å². The second kappa shape index (κ2) is 6.59. The molecule has 0 heterocycles. The molecule has 94 valence electrons. The lowest BCUT2D eigenvalue weighted by molar-refractivity contribution is 0.0839. The molecule has 5 heteroatoms. The minimum absolute atomic E-state index is 0.161. The van der Waals surface area contributed by atoms with E-state index in [2.05, 4.69) is 5.32 Å². The molecular weight excluding hydrogens is 242 g/mol. The molecule has 2 N–H and O–H groups in total. The molecule has 0 fully saturated rings. The van der Waals surface area contributed by atoms with E-state index in [1.807, 2.05) is 6.92 Å². The Hall–Kier alpha value is -1.10. The molecule has 1 unspecified atom stereocenters. The predicted octanol–water partition coefficient (Wildman–Crippen LogP) is 1.39. The Morgan fingerprint density at radius 2 is 2.29 bits per heavy atom. The van der Waals surface area contributed by atoms with Crippen LogP contribution in [0.15, 0.2) is 18.2 Å². The number of amides is 1. The van der Waals surface area contributed by atoms with Gasteiger partial charge in [0, 0.05) is 17.7 Å². The van der Waals surface area contributed by atoms with Crippen LogP contribution in [0.2, 0.25) is 5.02 Å². The van der Waals surface area contributed by atoms with Crippen molar-refractivity contribution < 1.29 is 14.6 Å². The largest absolute Gasteiger partial charge is 0.394 e. The number of benzene rings is 1. The number of halogens is 1. The molecule has 1 amide bonds. The summed E-state index contributed by atoms with van der Waals surface area (Å²) in [4.78, 5) is 11.8. The van der Waals surface area contributed by atoms with Gasteiger partial charge in [0.1, 0.15) is 0 Å². The fourth-order valence-electron chi connectivity index (χ4n) is 1.40. The third-order valence-electron chi connectivity index (χ3n) is 2.34. The van der Waals surface area contributed by atoms with Crippen molar-refractivity contribution >= 4 is 17.5 Å². The number of hydrogen-bond donors (Lipinski definition) is 2. The summed E-state index contributed by atoms with van der Waals surface area (Å²) < 4.78 is 4.88. The highest BCUT2D eigenvalue weighted by Gasteiger charge is 2.13. The van der Waals surface area contributed by atoms with E-state index in [9.17, 15) is 4.79 Å². The van der Waals surface area contributed by atoms with Crippen LogP contribution < -0.4 is 5.32 Å². The summed E-state index contributed by atoms with van der Waals surface area (Å²) in [6.07, 6.45) is 0. The number of methoxy groups -OCH3 is 1. The smallest absolute Gasteiger partial charge is 0.251 e. The first-order chi connectivity index (χ1) is 8.08. The van der Waals surface area contributed by atoms with Gasteiger partial charge in [-0.3, -0.25) is 4.79 Å². The van der Waals surface area contributed by atoms with Crippen molar-refractivity contribution in [2.75, 3.05) is 20.3 Å². The summed E-state index contributed by atoms with van der Waals surface area (Å²) in [7, 11) is 1.52. The van der Waals surface area contributed by atoms with Crippen molar-refractivity contribution in [2.24, 2.45) is 0 Å². The Morgan fingerprint density at radius 3 is 2.82 bits per heavy atom. The van der Waals surface area contributed by atoms with Crippen LogP contribution in [-0.4, -0.2) is 37.4 Å². The second-order valence-corrected chi connectivity index (χ2v) is 4.18. The lowest BCUT2D eigenvalue weighted by Crippen LogP contribution is -2.40. The van der Waals surface area contributed by atoms with E-state index >= 15 is 0 Å². The van der Waals surface area contributed by atoms with E-state index < -0.39 is 6.04 Å². The van der Waals surface area contributed by atoms with Gasteiger partial charge < -0.3 is 15.2 Å². The summed E-state index contributed by atoms with van der Waals surface area (Å²) in [5, 5.41) is 12.3. The summed E-state index contributed by atoms with van der Waals surface area (Å²) >= 11 is 5.88. The van der Waals surface area contributed by atoms with Crippen LogP contribution in [0.25, 0.3) is 0 Å². The van der Waals surface area contributed by atoms with Gasteiger partial charge in [-0.25, -0.2) is 0 Å². The number of aryl methyl sites for hydroxylation is 1. The van der Waals surface area contributed by atoms with Crippen LogP contribution in [0.5, 0.6) is 0 Å². The molecule has 0 aromatic heterocycles. The average molecular weight is 258 g/mol. The van der Waals surface area contributed by atoms with E-state index in [-0.39, 0.29) is 19.1 Å². The normalized spacial score (nSPS) is 12.2. The predicted molar refractivity (Wildman–Crippen MR) is 66.4 cm³/mol. The van der Waals surface area contributed by atoms with Crippen LogP contribution >= 0.6 is 11.6 Å². The zero-order valence-electron chi connectivity index (χ0n) is 9.87. The number of aliphatic hydroxyl groups is 1. The van der Waals surface area contributed by atoms with E-state index in [1.54, 1.807) is 18.2 Å². The fourth-order valence-corrected chi connectivity index (χ4v) is 1.51. The standard InChI is InChI=1S/C12H16ClNO3/c1-8-5-9(3-4-11(8)13)12(16)14-10(6-15)7-17-2/h3-5,10,15H,6-7H2,1-2H3,(H,14,16). The van der Waals surface area contributed by atoms with E-state index in [4.69, 9.17) is 21.4 Å². The maximum Gasteiger partial charge on any atom is 0.251 e. The van der Waals surface area contributed by atoms with Gasteiger partial charge in [-0.05, 0) is 30.7 Å². The maximum atomic E-state index is 11.8. The first-order valence-corrected chi connectivity index (χ1v) is 5.63. The van der Waals surface area contributed by atoms with Crippen LogP contribution in [0.1, 0.15) is 15.9 Å². The summed E-state index contributed by atoms with van der Waals surface area (Å²) in [6.45, 7) is 1.94. The third kappa shape index (κ3) is 4.00. The number of ether oxygens (including phenoxy) is 1. The Kier molecular flexibility index (Phi) is 5.41. The van der Waals surface area contributed by atoms with Gasteiger partial charge in [-0.1, -0.05) is 11.6 Å². The molecule has 0 saturated heterocycles. The fraction of sp³-hybridized carbons (Fsp3) is 0.417. The van der Waals surface area contributed by atoms with Gasteiger partial charge >= 0.3 is 0 Å². The second-order valence-electron chi connectivity index (χ2n) is 3.77. The highest BCUT2D eigenvalue weighted by Crippen LogP contribution is 2.16. The zero-order chi connectivity index (χ0) is 12.8. The average Bonchev–Trinajstić information content (AvgIpc) is 2.31. The van der Waals surface area contributed by atoms with E-state index in [0.29, 0.717) is 10.6 Å². The minimum atomic E-state index is -0.400. The SMILES string of the molecule is COCC(CO)NC(=O)c1ccc(Cl)c(C)c1. The molecule has 0 aliphatic heterocycles. The Balaban J connectivity index is 2.72. The first-order valence-electron chi connectivity index (χ1n) is 5.25. The lowest BCUT2D eigenvalue weighted by Gasteiger charge is -2.15. The third-order valence-corrected chi connectivity index (χ3v) is 2.77. The van der Waals surface area contributed by atoms with Crippen molar-refractivity contribution in [3.63, 3.8) is 0 Å². The number of nitrogens with one attached hydrogen (secondary N) is 1. The van der Waals surface area contributed by atoms with Crippen molar-refractivity contribution in [3.8, 4) is 0 Å². The van der Waals surface area contributed by atoms with Crippen molar-refractivity contribution in [2.45, 2.75) is 13.0 Å². The monoisotopic (exact) mass is 257 g/mol. The molecule has 1 atom stereocenters. The summed E-state index contributed by atoms with van der Waals surface area (Å²) in [5.41, 5.74) is 1.35. The van der Waals surface area contributed by atoms with Crippen molar-refractivity contribution in [1.29, 1.82) is 0 Å². The van der Waals surface area contributed by atoms with Crippen LogP contribution in [0.3, 0.4) is 0 Å². The molecule has 0 radical (unpaired) electrons. The van der Waals surface area contributed by atoms with Crippen LogP contribution in [0.4, 0.5) is 0 Å². The lowest BCUT2D eigenvalue weighted by atomic mass is 10.1. The van der Waals surface area contributed by atoms with E-state index in [1.165, 1.54) is 7.11 Å². The number of hydrogen-bond acceptors (Lipinski definition) is 3. The summed E-state index contributed by atoms with van der Waals surface area (Å²) in [5.74, 6) is -0.249. The highest BCUT2D eigenvalue weighted by atomic mass is 35.5. The Bertz CT molecular complexity index is 395. The molecule has 1 aromatic carbocycles. The molecule has 0 spiro atoms. The first kappa shape index (κ1) is 14.0. The van der Waals surface area contributed by atoms with E-state index in [0.717, 1.165) is 5.56 Å². The molecule has 0 aliphatic carbocycles. The number of aliphatic hydroxyl groups excluding tert-OH is 1. The molecule has 0 aliphatic rings. The molecule has 0 saturated carbocycles. The Labute approximate surface area is 106 Å². The molecular formula is C12H16ClNO3. The summed E-state index contributed by atoms with van der Waals surface area (Å²) in [6, 6.07) is 4.63.